The first-order chi connectivity index (χ1) is 9.60. The van der Waals surface area contributed by atoms with Crippen LogP contribution >= 0.6 is 11.6 Å². The van der Waals surface area contributed by atoms with Crippen molar-refractivity contribution in [1.82, 2.24) is 10.2 Å². The Morgan fingerprint density at radius 1 is 1.45 bits per heavy atom. The van der Waals surface area contributed by atoms with Gasteiger partial charge in [0.1, 0.15) is 0 Å². The molecule has 1 aliphatic rings. The van der Waals surface area contributed by atoms with E-state index in [9.17, 15) is 0 Å². The Balaban J connectivity index is 2.28. The van der Waals surface area contributed by atoms with E-state index in [2.05, 4.69) is 61.3 Å². The number of nitrogens with one attached hydrogen (secondary N) is 1. The molecule has 0 amide bonds. The summed E-state index contributed by atoms with van der Waals surface area (Å²) in [6.07, 6.45) is 1.16. The minimum Gasteiger partial charge on any atom is -0.311 e. The van der Waals surface area contributed by atoms with Crippen molar-refractivity contribution in [3.8, 4) is 0 Å². The molecule has 3 heteroatoms. The summed E-state index contributed by atoms with van der Waals surface area (Å²) in [4.78, 5) is 2.56. The summed E-state index contributed by atoms with van der Waals surface area (Å²) in [5.74, 6) is 0. The minimum absolute atomic E-state index is 0.0219. The maximum Gasteiger partial charge on any atom is 0.0561 e. The largest absolute Gasteiger partial charge is 0.311 e. The van der Waals surface area contributed by atoms with Gasteiger partial charge in [-0.05, 0) is 31.4 Å². The highest BCUT2D eigenvalue weighted by atomic mass is 35.5. The Hall–Kier alpha value is -0.830. The third-order valence-electron chi connectivity index (χ3n) is 4.39. The predicted molar refractivity (Wildman–Crippen MR) is 87.1 cm³/mol. The molecule has 20 heavy (non-hydrogen) atoms. The van der Waals surface area contributed by atoms with Crippen molar-refractivity contribution in [3.05, 3.63) is 47.0 Å². The van der Waals surface area contributed by atoms with Crippen LogP contribution < -0.4 is 5.32 Å². The van der Waals surface area contributed by atoms with Gasteiger partial charge in [-0.2, -0.15) is 0 Å². The monoisotopic (exact) mass is 292 g/mol. The van der Waals surface area contributed by atoms with Crippen LogP contribution in [0.25, 0.3) is 0 Å². The molecular weight excluding hydrogens is 268 g/mol. The quantitative estimate of drug-likeness (QED) is 0.910. The van der Waals surface area contributed by atoms with E-state index in [-0.39, 0.29) is 5.54 Å². The van der Waals surface area contributed by atoms with Crippen molar-refractivity contribution < 1.29 is 0 Å². The second-order valence-corrected chi connectivity index (χ2v) is 6.18. The molecule has 1 saturated heterocycles. The van der Waals surface area contributed by atoms with Gasteiger partial charge in [0.25, 0.3) is 0 Å². The highest BCUT2D eigenvalue weighted by Crippen LogP contribution is 2.31. The standard InChI is InChI=1S/C17H25ClN2/c1-4-16-12-20(11-14(2)10-18)17(3,13-19-16)15-8-6-5-7-9-15/h5-10,16,19H,4,11-13H2,1-3H3/b14-10+. The second kappa shape index (κ2) is 6.75. The second-order valence-electron chi connectivity index (χ2n) is 5.96. The van der Waals surface area contributed by atoms with Gasteiger partial charge in [-0.3, -0.25) is 4.90 Å². The Kier molecular flexibility index (Phi) is 5.25. The zero-order chi connectivity index (χ0) is 14.6. The molecule has 0 saturated carbocycles. The van der Waals surface area contributed by atoms with Crippen LogP contribution in [0.5, 0.6) is 0 Å². The number of piperazine rings is 1. The summed E-state index contributed by atoms with van der Waals surface area (Å²) in [5.41, 5.74) is 4.30. The molecule has 0 spiro atoms. The van der Waals surface area contributed by atoms with Crippen LogP contribution in [-0.2, 0) is 5.54 Å². The normalized spacial score (nSPS) is 28.6. The lowest BCUT2D eigenvalue weighted by Crippen LogP contribution is -2.61. The van der Waals surface area contributed by atoms with Gasteiger partial charge in [-0.15, -0.1) is 0 Å². The topological polar surface area (TPSA) is 15.3 Å². The molecule has 1 fully saturated rings. The SMILES string of the molecule is CCC1CN(C/C(C)=C/Cl)C(C)(c2ccccc2)CN1. The van der Waals surface area contributed by atoms with Crippen LogP contribution in [0.15, 0.2) is 41.4 Å². The van der Waals surface area contributed by atoms with Crippen molar-refractivity contribution in [2.75, 3.05) is 19.6 Å². The van der Waals surface area contributed by atoms with Gasteiger partial charge < -0.3 is 5.32 Å². The highest BCUT2D eigenvalue weighted by Gasteiger charge is 2.38. The van der Waals surface area contributed by atoms with Crippen molar-refractivity contribution in [2.24, 2.45) is 0 Å². The van der Waals surface area contributed by atoms with Crippen molar-refractivity contribution >= 4 is 11.6 Å². The third-order valence-corrected chi connectivity index (χ3v) is 4.76. The molecule has 2 atom stereocenters. The number of benzene rings is 1. The Bertz CT molecular complexity index is 457. The lowest BCUT2D eigenvalue weighted by Gasteiger charge is -2.48. The summed E-state index contributed by atoms with van der Waals surface area (Å²) < 4.78 is 0. The molecule has 1 aromatic rings. The van der Waals surface area contributed by atoms with Crippen LogP contribution in [0.2, 0.25) is 0 Å². The van der Waals surface area contributed by atoms with Crippen molar-refractivity contribution in [3.63, 3.8) is 0 Å². The van der Waals surface area contributed by atoms with E-state index in [4.69, 9.17) is 11.6 Å². The number of nitrogens with zero attached hydrogens (tertiary/aromatic N) is 1. The van der Waals surface area contributed by atoms with Gasteiger partial charge in [0, 0.05) is 31.2 Å². The van der Waals surface area contributed by atoms with Gasteiger partial charge in [-0.1, -0.05) is 48.9 Å². The predicted octanol–water partition coefficient (Wildman–Crippen LogP) is 3.73. The number of rotatable bonds is 4. The van der Waals surface area contributed by atoms with E-state index in [1.807, 2.05) is 0 Å². The first-order valence-corrected chi connectivity index (χ1v) is 7.83. The average Bonchev–Trinajstić information content (AvgIpc) is 2.50. The first kappa shape index (κ1) is 15.6. The molecule has 2 unspecified atom stereocenters. The zero-order valence-electron chi connectivity index (χ0n) is 12.7. The van der Waals surface area contributed by atoms with Crippen molar-refractivity contribution in [1.29, 1.82) is 0 Å². The molecule has 0 aliphatic carbocycles. The average molecular weight is 293 g/mol. The molecule has 110 valence electrons. The Labute approximate surface area is 127 Å². The number of hydrogen-bond donors (Lipinski definition) is 1. The number of halogens is 1. The summed E-state index contributed by atoms with van der Waals surface area (Å²) in [7, 11) is 0. The minimum atomic E-state index is 0.0219. The maximum absolute atomic E-state index is 5.88. The fourth-order valence-corrected chi connectivity index (χ4v) is 2.99. The summed E-state index contributed by atoms with van der Waals surface area (Å²) >= 11 is 5.88. The molecule has 0 aromatic heterocycles. The summed E-state index contributed by atoms with van der Waals surface area (Å²) in [6.45, 7) is 9.62. The zero-order valence-corrected chi connectivity index (χ0v) is 13.5. The van der Waals surface area contributed by atoms with Crippen LogP contribution in [0.3, 0.4) is 0 Å². The van der Waals surface area contributed by atoms with Crippen LogP contribution in [0.4, 0.5) is 0 Å². The van der Waals surface area contributed by atoms with Crippen LogP contribution in [0, 0.1) is 0 Å². The maximum atomic E-state index is 5.88. The van der Waals surface area contributed by atoms with Gasteiger partial charge in [0.05, 0.1) is 5.54 Å². The fourth-order valence-electron chi connectivity index (χ4n) is 2.92. The Morgan fingerprint density at radius 3 is 2.75 bits per heavy atom. The van der Waals surface area contributed by atoms with Gasteiger partial charge in [0.15, 0.2) is 0 Å². The van der Waals surface area contributed by atoms with Crippen LogP contribution in [-0.4, -0.2) is 30.6 Å². The Morgan fingerprint density at radius 2 is 2.15 bits per heavy atom. The van der Waals surface area contributed by atoms with Crippen LogP contribution in [0.1, 0.15) is 32.8 Å². The van der Waals surface area contributed by atoms with E-state index in [1.54, 1.807) is 5.54 Å². The van der Waals surface area contributed by atoms with E-state index in [0.717, 1.165) is 26.1 Å². The first-order valence-electron chi connectivity index (χ1n) is 7.40. The van der Waals surface area contributed by atoms with Crippen molar-refractivity contribution in [2.45, 2.75) is 38.8 Å². The molecule has 1 aliphatic heterocycles. The highest BCUT2D eigenvalue weighted by molar-refractivity contribution is 6.25. The molecule has 1 N–H and O–H groups in total. The van der Waals surface area contributed by atoms with E-state index < -0.39 is 0 Å². The summed E-state index contributed by atoms with van der Waals surface area (Å²) in [5, 5.41) is 3.68. The van der Waals surface area contributed by atoms with Gasteiger partial charge in [-0.25, -0.2) is 0 Å². The summed E-state index contributed by atoms with van der Waals surface area (Å²) in [6, 6.07) is 11.3. The molecule has 2 rings (SSSR count). The van der Waals surface area contributed by atoms with E-state index in [1.165, 1.54) is 11.1 Å². The third kappa shape index (κ3) is 3.25. The van der Waals surface area contributed by atoms with Gasteiger partial charge >= 0.3 is 0 Å². The molecular formula is C17H25ClN2. The smallest absolute Gasteiger partial charge is 0.0561 e. The van der Waals surface area contributed by atoms with E-state index in [0.29, 0.717) is 6.04 Å². The molecule has 1 aromatic carbocycles. The fraction of sp³-hybridized carbons (Fsp3) is 0.529. The van der Waals surface area contributed by atoms with E-state index >= 15 is 0 Å². The molecule has 1 heterocycles. The lowest BCUT2D eigenvalue weighted by atomic mass is 9.86. The molecule has 0 radical (unpaired) electrons. The molecule has 0 bridgehead atoms. The lowest BCUT2D eigenvalue weighted by molar-refractivity contribution is 0.0581. The van der Waals surface area contributed by atoms with Gasteiger partial charge in [0.2, 0.25) is 0 Å². The number of hydrogen-bond acceptors (Lipinski definition) is 2. The molecule has 2 nitrogen and oxygen atoms in total.